The summed E-state index contributed by atoms with van der Waals surface area (Å²) in [6, 6.07) is 13.2. The first-order chi connectivity index (χ1) is 19.0. The molecule has 2 aromatic heterocycles. The van der Waals surface area contributed by atoms with Gasteiger partial charge >= 0.3 is 6.09 Å². The number of halogens is 1. The van der Waals surface area contributed by atoms with Crippen molar-refractivity contribution in [2.24, 2.45) is 0 Å². The van der Waals surface area contributed by atoms with Gasteiger partial charge in [-0.15, -0.1) is 0 Å². The molecule has 0 unspecified atom stereocenters. The van der Waals surface area contributed by atoms with E-state index in [1.54, 1.807) is 50.5 Å². The van der Waals surface area contributed by atoms with Gasteiger partial charge in [0.25, 0.3) is 5.56 Å². The molecule has 0 saturated heterocycles. The molecule has 1 aliphatic rings. The Hall–Kier alpha value is -3.85. The zero-order chi connectivity index (χ0) is 28.6. The Bertz CT molecular complexity index is 1620. The van der Waals surface area contributed by atoms with E-state index in [1.165, 1.54) is 0 Å². The molecule has 210 valence electrons. The van der Waals surface area contributed by atoms with Crippen LogP contribution in [0.25, 0.3) is 21.8 Å². The van der Waals surface area contributed by atoms with Gasteiger partial charge < -0.3 is 24.5 Å². The molecule has 4 aromatic rings. The summed E-state index contributed by atoms with van der Waals surface area (Å²) >= 11 is 6.58. The number of amides is 2. The number of carbonyl (C=O) groups is 2. The van der Waals surface area contributed by atoms with Gasteiger partial charge in [0.05, 0.1) is 10.5 Å². The van der Waals surface area contributed by atoms with Crippen LogP contribution in [-0.4, -0.2) is 33.4 Å². The quantitative estimate of drug-likeness (QED) is 0.308. The average Bonchev–Trinajstić information content (AvgIpc) is 3.28. The van der Waals surface area contributed by atoms with Crippen LogP contribution < -0.4 is 16.2 Å². The first-order valence-corrected chi connectivity index (χ1v) is 13.8. The van der Waals surface area contributed by atoms with Crippen molar-refractivity contribution in [1.82, 2.24) is 20.4 Å². The van der Waals surface area contributed by atoms with Gasteiger partial charge in [-0.2, -0.15) is 0 Å². The van der Waals surface area contributed by atoms with Gasteiger partial charge in [0, 0.05) is 17.5 Å². The van der Waals surface area contributed by atoms with E-state index in [9.17, 15) is 14.4 Å². The van der Waals surface area contributed by atoms with Gasteiger partial charge in [0.15, 0.2) is 0 Å². The van der Waals surface area contributed by atoms with Crippen molar-refractivity contribution in [2.45, 2.75) is 77.1 Å². The van der Waals surface area contributed by atoms with E-state index in [2.05, 4.69) is 15.8 Å². The molecule has 10 heteroatoms. The van der Waals surface area contributed by atoms with Gasteiger partial charge in [-0.05, 0) is 71.1 Å². The molecule has 2 heterocycles. The highest BCUT2D eigenvalue weighted by Crippen LogP contribution is 2.35. The van der Waals surface area contributed by atoms with Gasteiger partial charge in [-0.3, -0.25) is 9.59 Å². The van der Waals surface area contributed by atoms with E-state index in [1.807, 2.05) is 30.3 Å². The number of ether oxygens (including phenoxy) is 1. The summed E-state index contributed by atoms with van der Waals surface area (Å²) in [7, 11) is 0. The molecule has 0 aliphatic heterocycles. The van der Waals surface area contributed by atoms with E-state index in [4.69, 9.17) is 20.9 Å². The fourth-order valence-electron chi connectivity index (χ4n) is 5.52. The minimum absolute atomic E-state index is 0.180. The van der Waals surface area contributed by atoms with E-state index < -0.39 is 17.7 Å². The summed E-state index contributed by atoms with van der Waals surface area (Å²) in [5, 5.41) is 11.6. The third kappa shape index (κ3) is 5.56. The first kappa shape index (κ1) is 27.7. The maximum absolute atomic E-state index is 13.8. The summed E-state index contributed by atoms with van der Waals surface area (Å²) in [6.07, 6.45) is 2.18. The first-order valence-electron chi connectivity index (χ1n) is 13.5. The molecule has 0 spiro atoms. The summed E-state index contributed by atoms with van der Waals surface area (Å²) in [4.78, 5) is 39.9. The van der Waals surface area contributed by atoms with Crippen LogP contribution >= 0.6 is 11.6 Å². The molecule has 1 aliphatic carbocycles. The smallest absolute Gasteiger partial charge is 0.408 e. The topological polar surface area (TPSA) is 115 Å². The van der Waals surface area contributed by atoms with Crippen LogP contribution in [0.5, 0.6) is 0 Å². The molecule has 1 fully saturated rings. The molecular formula is C30H33ClN4O5. The predicted octanol–water partition coefficient (Wildman–Crippen LogP) is 5.97. The fourth-order valence-corrected chi connectivity index (χ4v) is 5.78. The van der Waals surface area contributed by atoms with Gasteiger partial charge in [-0.1, -0.05) is 53.2 Å². The van der Waals surface area contributed by atoms with Crippen molar-refractivity contribution < 1.29 is 18.8 Å². The molecule has 0 radical (unpaired) electrons. The predicted molar refractivity (Wildman–Crippen MR) is 154 cm³/mol. The number of alkyl carbamates (subject to hydrolysis) is 1. The minimum Gasteiger partial charge on any atom is -0.444 e. The number of nitrogens with one attached hydrogen (secondary N) is 2. The molecule has 3 atom stereocenters. The number of hydrogen-bond donors (Lipinski definition) is 2. The molecule has 1 saturated carbocycles. The molecule has 2 N–H and O–H groups in total. The molecule has 2 amide bonds. The lowest BCUT2D eigenvalue weighted by Crippen LogP contribution is -2.47. The van der Waals surface area contributed by atoms with Crippen LogP contribution in [0.2, 0.25) is 5.02 Å². The zero-order valence-electron chi connectivity index (χ0n) is 23.0. The molecular weight excluding hydrogens is 532 g/mol. The standard InChI is InChI=1S/C30H33ClN4O5/c1-17-23-26(34-40-17)24-21(31)14-9-15-22(24)35(28(23)37)20-13-8-12-19(16-20)32-27(36)25(18-10-6-5-7-11-18)33-29(38)39-30(2,3)4/h5-7,9-11,14-15,19-20,25H,8,12-13,16H2,1-4H3,(H,32,36)(H,33,38)/t19-,20+,25-/m1/s1. The van der Waals surface area contributed by atoms with Crippen molar-refractivity contribution in [3.63, 3.8) is 0 Å². The highest BCUT2D eigenvalue weighted by atomic mass is 35.5. The maximum Gasteiger partial charge on any atom is 0.408 e. The monoisotopic (exact) mass is 564 g/mol. The number of nitrogens with zero attached hydrogens (tertiary/aromatic N) is 2. The van der Waals surface area contributed by atoms with Crippen LogP contribution in [0.1, 0.15) is 69.9 Å². The van der Waals surface area contributed by atoms with E-state index in [0.717, 1.165) is 19.3 Å². The lowest BCUT2D eigenvalue weighted by molar-refractivity contribution is -0.124. The third-order valence-corrected chi connectivity index (χ3v) is 7.51. The van der Waals surface area contributed by atoms with Crippen molar-refractivity contribution in [2.75, 3.05) is 0 Å². The van der Waals surface area contributed by atoms with Crippen LogP contribution in [0.4, 0.5) is 4.79 Å². The number of fused-ring (bicyclic) bond motifs is 3. The second-order valence-corrected chi connectivity index (χ2v) is 11.7. The maximum atomic E-state index is 13.8. The lowest BCUT2D eigenvalue weighted by atomic mass is 9.89. The fraction of sp³-hybridized carbons (Fsp3) is 0.400. The Labute approximate surface area is 236 Å². The summed E-state index contributed by atoms with van der Waals surface area (Å²) in [6.45, 7) is 7.02. The number of carbonyl (C=O) groups excluding carboxylic acids is 2. The van der Waals surface area contributed by atoms with E-state index in [-0.39, 0.29) is 23.6 Å². The molecule has 40 heavy (non-hydrogen) atoms. The van der Waals surface area contributed by atoms with E-state index in [0.29, 0.717) is 44.6 Å². The van der Waals surface area contributed by atoms with Crippen LogP contribution in [-0.2, 0) is 9.53 Å². The highest BCUT2D eigenvalue weighted by Gasteiger charge is 2.32. The van der Waals surface area contributed by atoms with Crippen molar-refractivity contribution in [3.05, 3.63) is 75.2 Å². The molecule has 9 nitrogen and oxygen atoms in total. The number of rotatable bonds is 5. The van der Waals surface area contributed by atoms with Gasteiger partial charge in [0.1, 0.15) is 28.3 Å². The van der Waals surface area contributed by atoms with Crippen LogP contribution in [0.15, 0.2) is 57.8 Å². The van der Waals surface area contributed by atoms with Crippen LogP contribution in [0, 0.1) is 6.92 Å². The largest absolute Gasteiger partial charge is 0.444 e. The Morgan fingerprint density at radius 2 is 1.85 bits per heavy atom. The Kier molecular flexibility index (Phi) is 7.59. The van der Waals surface area contributed by atoms with Gasteiger partial charge in [0.2, 0.25) is 5.91 Å². The van der Waals surface area contributed by atoms with Gasteiger partial charge in [-0.25, -0.2) is 4.79 Å². The Morgan fingerprint density at radius 1 is 1.10 bits per heavy atom. The average molecular weight is 565 g/mol. The lowest BCUT2D eigenvalue weighted by Gasteiger charge is -2.33. The summed E-state index contributed by atoms with van der Waals surface area (Å²) in [5.74, 6) is 0.100. The molecule has 2 aromatic carbocycles. The molecule has 5 rings (SSSR count). The van der Waals surface area contributed by atoms with Crippen molar-refractivity contribution >= 4 is 45.4 Å². The van der Waals surface area contributed by atoms with Crippen molar-refractivity contribution in [3.8, 4) is 0 Å². The Balaban J connectivity index is 1.43. The number of benzene rings is 2. The summed E-state index contributed by atoms with van der Waals surface area (Å²) in [5.41, 5.74) is 0.891. The third-order valence-electron chi connectivity index (χ3n) is 7.20. The SMILES string of the molecule is Cc1onc2c1c(=O)n([C@H]1CCC[C@@H](NC(=O)[C@H](NC(=O)OC(C)(C)C)c3ccccc3)C1)c1cccc(Cl)c21. The second-order valence-electron chi connectivity index (χ2n) is 11.3. The highest BCUT2D eigenvalue weighted by molar-refractivity contribution is 6.37. The number of hydrogen-bond acceptors (Lipinski definition) is 6. The second kappa shape index (κ2) is 11.0. The van der Waals surface area contributed by atoms with Crippen LogP contribution in [0.3, 0.4) is 0 Å². The Morgan fingerprint density at radius 3 is 2.58 bits per heavy atom. The zero-order valence-corrected chi connectivity index (χ0v) is 23.7. The van der Waals surface area contributed by atoms with E-state index >= 15 is 0 Å². The molecule has 0 bridgehead atoms. The number of aromatic nitrogens is 2. The normalized spacial score (nSPS) is 18.4. The number of aryl methyl sites for hydroxylation is 1. The minimum atomic E-state index is -0.935. The van der Waals surface area contributed by atoms with Crippen molar-refractivity contribution in [1.29, 1.82) is 0 Å². The number of pyridine rings is 1. The summed E-state index contributed by atoms with van der Waals surface area (Å²) < 4.78 is 12.6.